The summed E-state index contributed by atoms with van der Waals surface area (Å²) in [7, 11) is 0. The van der Waals surface area contributed by atoms with Crippen LogP contribution in [0, 0.1) is 0 Å². The van der Waals surface area contributed by atoms with Gasteiger partial charge in [-0.3, -0.25) is 0 Å². The Labute approximate surface area is 164 Å². The van der Waals surface area contributed by atoms with Crippen LogP contribution in [0.15, 0.2) is 36.4 Å². The first-order chi connectivity index (χ1) is 12.6. The maximum atomic E-state index is 6.52. The molecule has 3 nitrogen and oxygen atoms in total. The quantitative estimate of drug-likeness (QED) is 0.537. The van der Waals surface area contributed by atoms with Gasteiger partial charge in [0.1, 0.15) is 5.82 Å². The molecule has 0 amide bonds. The fourth-order valence-electron chi connectivity index (χ4n) is 4.16. The average Bonchev–Trinajstić information content (AvgIpc) is 3.02. The summed E-state index contributed by atoms with van der Waals surface area (Å²) in [6.07, 6.45) is 2.18. The second kappa shape index (κ2) is 7.13. The van der Waals surface area contributed by atoms with Crippen molar-refractivity contribution in [2.75, 3.05) is 18.0 Å². The van der Waals surface area contributed by atoms with E-state index in [1.807, 2.05) is 12.1 Å². The minimum atomic E-state index is 0.213. The molecule has 0 spiro atoms. The third-order valence-corrected chi connectivity index (χ3v) is 5.97. The second-order valence-corrected chi connectivity index (χ2v) is 7.64. The molecule has 0 saturated carbocycles. The smallest absolute Gasteiger partial charge is 0.117 e. The van der Waals surface area contributed by atoms with Crippen molar-refractivity contribution >= 4 is 39.9 Å². The van der Waals surface area contributed by atoms with Crippen LogP contribution in [0.25, 0.3) is 11.0 Å². The summed E-state index contributed by atoms with van der Waals surface area (Å²) in [6.45, 7) is 7.38. The third kappa shape index (κ3) is 2.87. The first-order valence-electron chi connectivity index (χ1n) is 9.33. The minimum absolute atomic E-state index is 0.213. The second-order valence-electron chi connectivity index (χ2n) is 6.80. The minimum Gasteiger partial charge on any atom is -0.370 e. The number of fused-ring (bicyclic) bond motifs is 3. The average molecular weight is 388 g/mol. The molecule has 136 valence electrons. The largest absolute Gasteiger partial charge is 0.370 e. The number of imidazole rings is 1. The van der Waals surface area contributed by atoms with Crippen molar-refractivity contribution < 1.29 is 0 Å². The lowest BCUT2D eigenvalue weighted by Crippen LogP contribution is -2.23. The molecule has 5 heteroatoms. The van der Waals surface area contributed by atoms with E-state index in [4.69, 9.17) is 28.2 Å². The van der Waals surface area contributed by atoms with Gasteiger partial charge >= 0.3 is 0 Å². The van der Waals surface area contributed by atoms with E-state index in [2.05, 4.69) is 47.6 Å². The van der Waals surface area contributed by atoms with Gasteiger partial charge in [-0.05, 0) is 56.5 Å². The van der Waals surface area contributed by atoms with Crippen LogP contribution in [0.5, 0.6) is 0 Å². The Bertz CT molecular complexity index is 944. The summed E-state index contributed by atoms with van der Waals surface area (Å²) < 4.78 is 2.40. The summed E-state index contributed by atoms with van der Waals surface area (Å²) in [5, 5.41) is 1.40. The molecule has 0 saturated heterocycles. The number of halogens is 2. The van der Waals surface area contributed by atoms with E-state index in [1.54, 1.807) is 0 Å². The van der Waals surface area contributed by atoms with Crippen LogP contribution in [0.2, 0.25) is 10.0 Å². The van der Waals surface area contributed by atoms with Crippen LogP contribution in [-0.4, -0.2) is 22.6 Å². The van der Waals surface area contributed by atoms with Crippen molar-refractivity contribution in [3.63, 3.8) is 0 Å². The van der Waals surface area contributed by atoms with Crippen molar-refractivity contribution in [2.45, 2.75) is 39.2 Å². The monoisotopic (exact) mass is 387 g/mol. The standard InChI is InChI=1S/C21H23Cl2N3/c1-3-25(4-2)19-9-5-8-18-20(19)26-12-6-7-16(21(26)24-18)15-11-10-14(22)13-17(15)23/h5,8-11,13,16H,3-4,6-7,12H2,1-2H3. The lowest BCUT2D eigenvalue weighted by molar-refractivity contribution is 0.489. The normalized spacial score (nSPS) is 16.7. The van der Waals surface area contributed by atoms with Gasteiger partial charge in [-0.15, -0.1) is 0 Å². The van der Waals surface area contributed by atoms with E-state index in [0.29, 0.717) is 5.02 Å². The number of hydrogen-bond donors (Lipinski definition) is 0. The summed E-state index contributed by atoms with van der Waals surface area (Å²) in [4.78, 5) is 7.43. The molecule has 26 heavy (non-hydrogen) atoms. The zero-order chi connectivity index (χ0) is 18.3. The fourth-order valence-corrected chi connectivity index (χ4v) is 4.70. The number of para-hydroxylation sites is 1. The molecule has 4 rings (SSSR count). The lowest BCUT2D eigenvalue weighted by Gasteiger charge is -2.27. The number of aryl methyl sites for hydroxylation is 1. The highest BCUT2D eigenvalue weighted by atomic mass is 35.5. The molecule has 2 aromatic carbocycles. The van der Waals surface area contributed by atoms with Gasteiger partial charge in [0.15, 0.2) is 0 Å². The zero-order valence-corrected chi connectivity index (χ0v) is 16.7. The van der Waals surface area contributed by atoms with Crippen molar-refractivity contribution in [1.29, 1.82) is 0 Å². The summed E-state index contributed by atoms with van der Waals surface area (Å²) >= 11 is 12.6. The number of nitrogens with zero attached hydrogens (tertiary/aromatic N) is 3. The highest BCUT2D eigenvalue weighted by Gasteiger charge is 2.28. The number of benzene rings is 2. The molecule has 1 aliphatic rings. The highest BCUT2D eigenvalue weighted by Crippen LogP contribution is 2.40. The molecule has 0 bridgehead atoms. The van der Waals surface area contributed by atoms with Crippen LogP contribution < -0.4 is 4.90 Å². The summed E-state index contributed by atoms with van der Waals surface area (Å²) in [6, 6.07) is 12.2. The zero-order valence-electron chi connectivity index (χ0n) is 15.2. The van der Waals surface area contributed by atoms with Crippen molar-refractivity contribution in [3.05, 3.63) is 57.8 Å². The van der Waals surface area contributed by atoms with Crippen molar-refractivity contribution in [3.8, 4) is 0 Å². The molecule has 0 fully saturated rings. The SMILES string of the molecule is CCN(CC)c1cccc2nc3n(c12)CCCC3c1ccc(Cl)cc1Cl. The molecule has 1 atom stereocenters. The Balaban J connectivity index is 1.90. The van der Waals surface area contributed by atoms with Crippen LogP contribution in [0.1, 0.15) is 44.0 Å². The Morgan fingerprint density at radius 1 is 1.15 bits per heavy atom. The van der Waals surface area contributed by atoms with Crippen LogP contribution in [0.4, 0.5) is 5.69 Å². The molecule has 3 aromatic rings. The van der Waals surface area contributed by atoms with Gasteiger partial charge in [-0.25, -0.2) is 4.98 Å². The van der Waals surface area contributed by atoms with E-state index in [1.165, 1.54) is 11.2 Å². The van der Waals surface area contributed by atoms with E-state index in [-0.39, 0.29) is 5.92 Å². The summed E-state index contributed by atoms with van der Waals surface area (Å²) in [5.41, 5.74) is 4.72. The Morgan fingerprint density at radius 2 is 1.96 bits per heavy atom. The lowest BCUT2D eigenvalue weighted by atomic mass is 9.91. The molecule has 1 aliphatic heterocycles. The molecule has 0 radical (unpaired) electrons. The van der Waals surface area contributed by atoms with Gasteiger partial charge in [0.2, 0.25) is 0 Å². The summed E-state index contributed by atoms with van der Waals surface area (Å²) in [5.74, 6) is 1.33. The van der Waals surface area contributed by atoms with E-state index >= 15 is 0 Å². The van der Waals surface area contributed by atoms with E-state index in [9.17, 15) is 0 Å². The van der Waals surface area contributed by atoms with Crippen molar-refractivity contribution in [1.82, 2.24) is 9.55 Å². The van der Waals surface area contributed by atoms with Crippen LogP contribution >= 0.6 is 23.2 Å². The van der Waals surface area contributed by atoms with E-state index < -0.39 is 0 Å². The number of aromatic nitrogens is 2. The predicted molar refractivity (Wildman–Crippen MR) is 111 cm³/mol. The van der Waals surface area contributed by atoms with Crippen LogP contribution in [-0.2, 0) is 6.54 Å². The number of rotatable bonds is 4. The maximum absolute atomic E-state index is 6.52. The molecule has 1 aromatic heterocycles. The van der Waals surface area contributed by atoms with Gasteiger partial charge in [0.25, 0.3) is 0 Å². The third-order valence-electron chi connectivity index (χ3n) is 5.40. The van der Waals surface area contributed by atoms with Gasteiger partial charge in [-0.2, -0.15) is 0 Å². The first kappa shape index (κ1) is 17.7. The highest BCUT2D eigenvalue weighted by molar-refractivity contribution is 6.35. The maximum Gasteiger partial charge on any atom is 0.117 e. The molecule has 2 heterocycles. The molecule has 1 unspecified atom stereocenters. The first-order valence-corrected chi connectivity index (χ1v) is 10.1. The molecular weight excluding hydrogens is 365 g/mol. The van der Waals surface area contributed by atoms with Gasteiger partial charge in [-0.1, -0.05) is 35.3 Å². The topological polar surface area (TPSA) is 21.1 Å². The van der Waals surface area contributed by atoms with Gasteiger partial charge < -0.3 is 9.47 Å². The Kier molecular flexibility index (Phi) is 4.85. The predicted octanol–water partition coefficient (Wildman–Crippen LogP) is 6.12. The number of hydrogen-bond acceptors (Lipinski definition) is 2. The van der Waals surface area contributed by atoms with E-state index in [0.717, 1.165) is 54.4 Å². The Hall–Kier alpha value is -1.71. The van der Waals surface area contributed by atoms with Gasteiger partial charge in [0.05, 0.1) is 16.7 Å². The molecule has 0 aliphatic carbocycles. The molecular formula is C21H23Cl2N3. The Morgan fingerprint density at radius 3 is 2.69 bits per heavy atom. The van der Waals surface area contributed by atoms with Crippen molar-refractivity contribution in [2.24, 2.45) is 0 Å². The molecule has 0 N–H and O–H groups in total. The fraction of sp³-hybridized carbons (Fsp3) is 0.381. The van der Waals surface area contributed by atoms with Crippen LogP contribution in [0.3, 0.4) is 0 Å². The number of anilines is 1. The van der Waals surface area contributed by atoms with Gasteiger partial charge in [0, 0.05) is 35.6 Å².